The van der Waals surface area contributed by atoms with Gasteiger partial charge < -0.3 is 10.6 Å². The third kappa shape index (κ3) is 3.40. The van der Waals surface area contributed by atoms with Crippen LogP contribution in [0.5, 0.6) is 0 Å². The number of aryl methyl sites for hydroxylation is 1. The molecule has 0 amide bonds. The highest BCUT2D eigenvalue weighted by Crippen LogP contribution is 2.18. The first-order valence-corrected chi connectivity index (χ1v) is 6.28. The van der Waals surface area contributed by atoms with E-state index >= 15 is 0 Å². The van der Waals surface area contributed by atoms with Gasteiger partial charge in [-0.1, -0.05) is 0 Å². The first-order valence-electron chi connectivity index (χ1n) is 6.28. The van der Waals surface area contributed by atoms with Gasteiger partial charge in [-0.2, -0.15) is 5.10 Å². The second-order valence-electron chi connectivity index (χ2n) is 4.19. The van der Waals surface area contributed by atoms with Crippen molar-refractivity contribution in [1.29, 1.82) is 0 Å². The van der Waals surface area contributed by atoms with Crippen molar-refractivity contribution in [2.24, 2.45) is 7.05 Å². The Morgan fingerprint density at radius 3 is 2.50 bits per heavy atom. The Hall–Kier alpha value is -2.25. The SMILES string of the molecule is CCNc1nc(NCCc2ncn(C)n2)c(F)cc1F. The van der Waals surface area contributed by atoms with Gasteiger partial charge in [-0.05, 0) is 6.92 Å². The van der Waals surface area contributed by atoms with Gasteiger partial charge in [-0.3, -0.25) is 4.68 Å². The van der Waals surface area contributed by atoms with Gasteiger partial charge in [0.2, 0.25) is 0 Å². The van der Waals surface area contributed by atoms with Crippen LogP contribution in [0.25, 0.3) is 0 Å². The van der Waals surface area contributed by atoms with Gasteiger partial charge in [0.05, 0.1) is 0 Å². The molecule has 0 spiro atoms. The smallest absolute Gasteiger partial charge is 0.168 e. The summed E-state index contributed by atoms with van der Waals surface area (Å²) in [5, 5.41) is 9.65. The summed E-state index contributed by atoms with van der Waals surface area (Å²) in [4.78, 5) is 7.94. The molecular formula is C12H16F2N6. The van der Waals surface area contributed by atoms with Crippen LogP contribution in [0.1, 0.15) is 12.7 Å². The number of nitrogens with one attached hydrogen (secondary N) is 2. The molecule has 0 radical (unpaired) electrons. The molecule has 0 aliphatic heterocycles. The van der Waals surface area contributed by atoms with Crippen LogP contribution < -0.4 is 10.6 Å². The van der Waals surface area contributed by atoms with E-state index in [0.29, 0.717) is 25.3 Å². The molecule has 0 aromatic carbocycles. The molecule has 0 aliphatic carbocycles. The predicted octanol–water partition coefficient (Wildman–Crippen LogP) is 1.57. The highest BCUT2D eigenvalue weighted by molar-refractivity contribution is 5.47. The molecule has 2 rings (SSSR count). The van der Waals surface area contributed by atoms with Crippen LogP contribution in [0.15, 0.2) is 12.4 Å². The number of pyridine rings is 1. The van der Waals surface area contributed by atoms with E-state index in [1.807, 2.05) is 6.92 Å². The Morgan fingerprint density at radius 1 is 1.20 bits per heavy atom. The third-order valence-electron chi connectivity index (χ3n) is 2.56. The van der Waals surface area contributed by atoms with Crippen molar-refractivity contribution in [1.82, 2.24) is 19.7 Å². The summed E-state index contributed by atoms with van der Waals surface area (Å²) in [5.74, 6) is -0.737. The van der Waals surface area contributed by atoms with Crippen LogP contribution in [-0.2, 0) is 13.5 Å². The van der Waals surface area contributed by atoms with E-state index in [-0.39, 0.29) is 11.6 Å². The molecule has 2 aromatic rings. The summed E-state index contributed by atoms with van der Waals surface area (Å²) in [6.07, 6.45) is 2.12. The summed E-state index contributed by atoms with van der Waals surface area (Å²) in [7, 11) is 1.77. The van der Waals surface area contributed by atoms with Crippen LogP contribution in [0.4, 0.5) is 20.4 Å². The molecule has 2 N–H and O–H groups in total. The van der Waals surface area contributed by atoms with E-state index in [2.05, 4.69) is 25.7 Å². The highest BCUT2D eigenvalue weighted by atomic mass is 19.1. The molecule has 2 heterocycles. The lowest BCUT2D eigenvalue weighted by molar-refractivity contribution is 0.578. The minimum atomic E-state index is -0.724. The normalized spacial score (nSPS) is 10.6. The molecule has 0 atom stereocenters. The summed E-state index contributed by atoms with van der Waals surface area (Å²) >= 11 is 0. The van der Waals surface area contributed by atoms with Crippen LogP contribution >= 0.6 is 0 Å². The lowest BCUT2D eigenvalue weighted by Crippen LogP contribution is -2.11. The van der Waals surface area contributed by atoms with Crippen molar-refractivity contribution in [2.75, 3.05) is 23.7 Å². The predicted molar refractivity (Wildman–Crippen MR) is 71.5 cm³/mol. The lowest BCUT2D eigenvalue weighted by atomic mass is 10.3. The van der Waals surface area contributed by atoms with E-state index in [0.717, 1.165) is 6.07 Å². The van der Waals surface area contributed by atoms with E-state index in [4.69, 9.17) is 0 Å². The van der Waals surface area contributed by atoms with Crippen molar-refractivity contribution < 1.29 is 8.78 Å². The van der Waals surface area contributed by atoms with Gasteiger partial charge in [0.1, 0.15) is 6.33 Å². The van der Waals surface area contributed by atoms with E-state index < -0.39 is 11.6 Å². The van der Waals surface area contributed by atoms with Crippen molar-refractivity contribution in [3.8, 4) is 0 Å². The molecule has 20 heavy (non-hydrogen) atoms. The number of hydrogen-bond acceptors (Lipinski definition) is 5. The first kappa shape index (κ1) is 14.2. The molecule has 0 saturated carbocycles. The van der Waals surface area contributed by atoms with Crippen molar-refractivity contribution in [2.45, 2.75) is 13.3 Å². The Bertz CT molecular complexity index is 583. The van der Waals surface area contributed by atoms with Crippen molar-refractivity contribution in [3.63, 3.8) is 0 Å². The Kier molecular flexibility index (Phi) is 4.44. The fourth-order valence-corrected chi connectivity index (χ4v) is 1.67. The number of aromatic nitrogens is 4. The summed E-state index contributed by atoms with van der Waals surface area (Å²) in [6, 6.07) is 0.812. The van der Waals surface area contributed by atoms with E-state index in [9.17, 15) is 8.78 Å². The van der Waals surface area contributed by atoms with Crippen LogP contribution in [0.3, 0.4) is 0 Å². The van der Waals surface area contributed by atoms with Crippen LogP contribution in [-0.4, -0.2) is 32.8 Å². The monoisotopic (exact) mass is 282 g/mol. The van der Waals surface area contributed by atoms with Gasteiger partial charge in [0.25, 0.3) is 0 Å². The molecule has 0 saturated heterocycles. The maximum atomic E-state index is 13.6. The fraction of sp³-hybridized carbons (Fsp3) is 0.417. The summed E-state index contributed by atoms with van der Waals surface area (Å²) in [5.41, 5.74) is 0. The zero-order valence-electron chi connectivity index (χ0n) is 11.3. The molecule has 0 fully saturated rings. The Balaban J connectivity index is 1.99. The van der Waals surface area contributed by atoms with Crippen LogP contribution in [0.2, 0.25) is 0 Å². The van der Waals surface area contributed by atoms with E-state index in [1.54, 1.807) is 18.1 Å². The molecule has 0 bridgehead atoms. The number of anilines is 2. The summed E-state index contributed by atoms with van der Waals surface area (Å²) in [6.45, 7) is 2.72. The standard InChI is InChI=1S/C12H16F2N6/c1-3-15-11-8(13)6-9(14)12(18-11)16-5-4-10-17-7-20(2)19-10/h6-7H,3-5H2,1-2H3,(H2,15,16,18). The zero-order valence-corrected chi connectivity index (χ0v) is 11.3. The Morgan fingerprint density at radius 2 is 1.90 bits per heavy atom. The zero-order chi connectivity index (χ0) is 14.5. The molecular weight excluding hydrogens is 266 g/mol. The summed E-state index contributed by atoms with van der Waals surface area (Å²) < 4.78 is 28.6. The number of hydrogen-bond donors (Lipinski definition) is 2. The van der Waals surface area contributed by atoms with Gasteiger partial charge in [0, 0.05) is 32.6 Å². The number of nitrogens with zero attached hydrogens (tertiary/aromatic N) is 4. The number of rotatable bonds is 6. The minimum absolute atomic E-state index is 0.0123. The van der Waals surface area contributed by atoms with Gasteiger partial charge in [-0.25, -0.2) is 18.7 Å². The molecule has 2 aromatic heterocycles. The first-order chi connectivity index (χ1) is 9.60. The van der Waals surface area contributed by atoms with Crippen LogP contribution in [0, 0.1) is 11.6 Å². The average Bonchev–Trinajstić information content (AvgIpc) is 2.81. The third-order valence-corrected chi connectivity index (χ3v) is 2.56. The Labute approximate surface area is 115 Å². The number of halogens is 2. The molecule has 108 valence electrons. The quantitative estimate of drug-likeness (QED) is 0.842. The minimum Gasteiger partial charge on any atom is -0.368 e. The largest absolute Gasteiger partial charge is 0.368 e. The highest BCUT2D eigenvalue weighted by Gasteiger charge is 2.11. The van der Waals surface area contributed by atoms with Gasteiger partial charge in [-0.15, -0.1) is 0 Å². The van der Waals surface area contributed by atoms with Gasteiger partial charge in [0.15, 0.2) is 29.1 Å². The topological polar surface area (TPSA) is 67.7 Å². The second-order valence-corrected chi connectivity index (χ2v) is 4.19. The maximum absolute atomic E-state index is 13.6. The molecule has 0 aliphatic rings. The molecule has 8 heteroatoms. The lowest BCUT2D eigenvalue weighted by Gasteiger charge is -2.09. The second kappa shape index (κ2) is 6.27. The maximum Gasteiger partial charge on any atom is 0.168 e. The average molecular weight is 282 g/mol. The molecule has 0 unspecified atom stereocenters. The molecule has 6 nitrogen and oxygen atoms in total. The van der Waals surface area contributed by atoms with Crippen molar-refractivity contribution in [3.05, 3.63) is 29.9 Å². The van der Waals surface area contributed by atoms with E-state index in [1.165, 1.54) is 0 Å². The van der Waals surface area contributed by atoms with Gasteiger partial charge >= 0.3 is 0 Å². The fourth-order valence-electron chi connectivity index (χ4n) is 1.67. The van der Waals surface area contributed by atoms with Crippen molar-refractivity contribution >= 4 is 11.6 Å².